The number of likely N-dealkylation sites (tertiary alicyclic amines) is 1. The first-order valence-corrected chi connectivity index (χ1v) is 15.0. The Hall–Kier alpha value is -3.63. The Balaban J connectivity index is 1.33. The summed E-state index contributed by atoms with van der Waals surface area (Å²) in [7, 11) is 0. The highest BCUT2D eigenvalue weighted by molar-refractivity contribution is 9.10. The molecule has 0 radical (unpaired) electrons. The van der Waals surface area contributed by atoms with Crippen molar-refractivity contribution in [2.24, 2.45) is 5.41 Å². The fourth-order valence-corrected chi connectivity index (χ4v) is 6.68. The van der Waals surface area contributed by atoms with Crippen molar-refractivity contribution in [3.8, 4) is 11.1 Å². The largest absolute Gasteiger partial charge is 0.337 e. The normalized spacial score (nSPS) is 21.2. The zero-order valence-corrected chi connectivity index (χ0v) is 26.1. The number of rotatable bonds is 6. The van der Waals surface area contributed by atoms with Crippen LogP contribution in [0.3, 0.4) is 0 Å². The van der Waals surface area contributed by atoms with E-state index in [1.807, 2.05) is 30.5 Å². The number of aryl methyl sites for hydroxylation is 2. The number of aromatic nitrogens is 4. The molecule has 1 saturated heterocycles. The number of pyridine rings is 1. The van der Waals surface area contributed by atoms with Gasteiger partial charge in [0.1, 0.15) is 23.0 Å². The van der Waals surface area contributed by atoms with Crippen LogP contribution in [0.2, 0.25) is 5.02 Å². The number of piperidine rings is 1. The maximum atomic E-state index is 14.1. The van der Waals surface area contributed by atoms with E-state index in [0.29, 0.717) is 27.4 Å². The molecule has 1 N–H and O–H groups in total. The van der Waals surface area contributed by atoms with Crippen molar-refractivity contribution in [3.63, 3.8) is 0 Å². The molecule has 0 bridgehead atoms. The molecule has 4 heterocycles. The van der Waals surface area contributed by atoms with E-state index >= 15 is 0 Å². The molecule has 1 aliphatic heterocycles. The Morgan fingerprint density at radius 1 is 1.14 bits per heavy atom. The second-order valence-corrected chi connectivity index (χ2v) is 12.8. The maximum absolute atomic E-state index is 14.1. The minimum atomic E-state index is -0.654. The summed E-state index contributed by atoms with van der Waals surface area (Å²) in [5.74, 6) is 0.358. The number of ketones is 1. The van der Waals surface area contributed by atoms with Gasteiger partial charge in [0, 0.05) is 41.1 Å². The van der Waals surface area contributed by atoms with Crippen LogP contribution in [0.5, 0.6) is 0 Å². The van der Waals surface area contributed by atoms with Gasteiger partial charge in [-0.2, -0.15) is 0 Å². The van der Waals surface area contributed by atoms with Crippen LogP contribution in [-0.2, 0) is 16.1 Å². The first-order chi connectivity index (χ1) is 19.9. The van der Waals surface area contributed by atoms with Crippen LogP contribution in [0, 0.1) is 19.3 Å². The van der Waals surface area contributed by atoms with E-state index in [9.17, 15) is 14.4 Å². The third-order valence-electron chi connectivity index (χ3n) is 8.57. The Labute approximate surface area is 256 Å². The summed E-state index contributed by atoms with van der Waals surface area (Å²) >= 11 is 9.60. The van der Waals surface area contributed by atoms with Gasteiger partial charge in [-0.15, -0.1) is 0 Å². The number of halogens is 2. The average Bonchev–Trinajstić information content (AvgIpc) is 3.50. The second-order valence-electron chi connectivity index (χ2n) is 11.6. The number of Topliss-reactive ketones (excluding diaryl/α,β-unsaturated/α-hetero) is 1. The molecule has 0 unspecified atom stereocenters. The molecule has 3 aromatic heterocycles. The molecule has 6 rings (SSSR count). The van der Waals surface area contributed by atoms with Crippen molar-refractivity contribution in [2.45, 2.75) is 65.6 Å². The number of nitrogens with one attached hydrogen (secondary N) is 1. The van der Waals surface area contributed by atoms with Gasteiger partial charge in [0.25, 0.3) is 0 Å². The lowest BCUT2D eigenvalue weighted by molar-refractivity contribution is -0.142. The van der Waals surface area contributed by atoms with Gasteiger partial charge in [0.05, 0.1) is 10.5 Å². The molecule has 216 valence electrons. The number of nitrogens with zero attached hydrogens (tertiary/aromatic N) is 5. The lowest BCUT2D eigenvalue weighted by Crippen LogP contribution is -2.53. The van der Waals surface area contributed by atoms with Gasteiger partial charge in [-0.1, -0.05) is 18.5 Å². The molecular formula is C31H30BrClN6O3. The van der Waals surface area contributed by atoms with Crippen molar-refractivity contribution < 1.29 is 14.4 Å². The fourth-order valence-electron chi connectivity index (χ4n) is 6.22. The predicted octanol–water partition coefficient (Wildman–Crippen LogP) is 6.14. The van der Waals surface area contributed by atoms with E-state index in [4.69, 9.17) is 11.6 Å². The Morgan fingerprint density at radius 3 is 2.60 bits per heavy atom. The van der Waals surface area contributed by atoms with Crippen LogP contribution < -0.4 is 5.32 Å². The molecule has 1 aliphatic carbocycles. The minimum Gasteiger partial charge on any atom is -0.337 e. The number of fused-ring (bicyclic) bond motifs is 2. The first kappa shape index (κ1) is 28.5. The molecule has 2 amide bonds. The first-order valence-electron chi connectivity index (χ1n) is 13.8. The zero-order chi connectivity index (χ0) is 29.9. The molecule has 2 aliphatic rings. The van der Waals surface area contributed by atoms with Gasteiger partial charge in [0.15, 0.2) is 11.6 Å². The SMILES string of the molecule is CC(=O)c1cn(CC(=O)N2[C@H](C(=O)Nc3nc(Br)ccc3Cl)CC[C@@]3(C)C[C@@H]23)c2c(C)cc(-c3cnc(C)nc3)cc12. The molecule has 11 heteroatoms. The van der Waals surface area contributed by atoms with Crippen LogP contribution in [0.1, 0.15) is 54.9 Å². The summed E-state index contributed by atoms with van der Waals surface area (Å²) in [5.41, 5.74) is 4.01. The maximum Gasteiger partial charge on any atom is 0.248 e. The van der Waals surface area contributed by atoms with Crippen molar-refractivity contribution in [2.75, 3.05) is 5.32 Å². The predicted molar refractivity (Wildman–Crippen MR) is 164 cm³/mol. The molecular weight excluding hydrogens is 620 g/mol. The molecule has 1 aromatic carbocycles. The summed E-state index contributed by atoms with van der Waals surface area (Å²) in [6, 6.07) is 6.64. The summed E-state index contributed by atoms with van der Waals surface area (Å²) in [6.07, 6.45) is 7.53. The lowest BCUT2D eigenvalue weighted by Gasteiger charge is -2.37. The highest BCUT2D eigenvalue weighted by Gasteiger charge is 2.60. The van der Waals surface area contributed by atoms with Gasteiger partial charge < -0.3 is 14.8 Å². The summed E-state index contributed by atoms with van der Waals surface area (Å²) in [4.78, 5) is 55.0. The average molecular weight is 650 g/mol. The van der Waals surface area contributed by atoms with Gasteiger partial charge in [-0.3, -0.25) is 14.4 Å². The third kappa shape index (κ3) is 5.11. The summed E-state index contributed by atoms with van der Waals surface area (Å²) in [5, 5.41) is 3.92. The van der Waals surface area contributed by atoms with Crippen LogP contribution in [0.4, 0.5) is 5.82 Å². The van der Waals surface area contributed by atoms with E-state index < -0.39 is 6.04 Å². The van der Waals surface area contributed by atoms with Crippen molar-refractivity contribution in [1.82, 2.24) is 24.4 Å². The molecule has 0 spiro atoms. The highest BCUT2D eigenvalue weighted by atomic mass is 79.9. The summed E-state index contributed by atoms with van der Waals surface area (Å²) in [6.45, 7) is 7.49. The standard InChI is InChI=1S/C31H30BrClN6O3/c1-16-9-19(20-12-34-18(3)35-13-20)10-21-22(17(2)40)14-38(28(16)21)15-27(41)39-24(7-8-31(4)11-25(31)39)30(42)37-29-23(33)5-6-26(32)36-29/h5-6,9-10,12-14,24-25H,7-8,11,15H2,1-4H3,(H,36,37,42)/t24-,25+,31-/m0/s1. The Morgan fingerprint density at radius 2 is 1.88 bits per heavy atom. The van der Waals surface area contributed by atoms with Crippen LogP contribution in [0.15, 0.2) is 47.5 Å². The van der Waals surface area contributed by atoms with Crippen LogP contribution in [0.25, 0.3) is 22.0 Å². The second kappa shape index (κ2) is 10.6. The summed E-state index contributed by atoms with van der Waals surface area (Å²) < 4.78 is 2.39. The number of anilines is 1. The van der Waals surface area contributed by atoms with Crippen molar-refractivity contribution >= 4 is 61.8 Å². The number of carbonyl (C=O) groups is 3. The minimum absolute atomic E-state index is 0.00232. The van der Waals surface area contributed by atoms with Gasteiger partial charge in [-0.25, -0.2) is 15.0 Å². The topological polar surface area (TPSA) is 110 Å². The van der Waals surface area contributed by atoms with E-state index in [1.54, 1.807) is 35.6 Å². The van der Waals surface area contributed by atoms with Gasteiger partial charge in [-0.05, 0) is 96.8 Å². The number of carbonyl (C=O) groups excluding carboxylic acids is 3. The molecule has 42 heavy (non-hydrogen) atoms. The van der Waals surface area contributed by atoms with Crippen molar-refractivity contribution in [1.29, 1.82) is 0 Å². The molecule has 9 nitrogen and oxygen atoms in total. The Kier molecular flexibility index (Phi) is 7.17. The molecule has 1 saturated carbocycles. The highest BCUT2D eigenvalue weighted by Crippen LogP contribution is 2.57. The third-order valence-corrected chi connectivity index (χ3v) is 9.32. The molecule has 3 atom stereocenters. The van der Waals surface area contributed by atoms with E-state index in [-0.39, 0.29) is 41.4 Å². The zero-order valence-electron chi connectivity index (χ0n) is 23.7. The van der Waals surface area contributed by atoms with Crippen molar-refractivity contribution in [3.05, 3.63) is 69.4 Å². The Bertz CT molecular complexity index is 1770. The number of amides is 2. The monoisotopic (exact) mass is 648 g/mol. The number of benzene rings is 1. The lowest BCUT2D eigenvalue weighted by atomic mass is 9.92. The molecule has 4 aromatic rings. The number of hydrogen-bond donors (Lipinski definition) is 1. The van der Waals surface area contributed by atoms with E-state index in [1.165, 1.54) is 6.92 Å². The van der Waals surface area contributed by atoms with Crippen LogP contribution in [-0.4, -0.2) is 54.1 Å². The van der Waals surface area contributed by atoms with Gasteiger partial charge in [0.2, 0.25) is 11.8 Å². The quantitative estimate of drug-likeness (QED) is 0.199. The molecule has 2 fully saturated rings. The van der Waals surface area contributed by atoms with E-state index in [0.717, 1.165) is 40.4 Å². The van der Waals surface area contributed by atoms with Gasteiger partial charge >= 0.3 is 0 Å². The fraction of sp³-hybridized carbons (Fsp3) is 0.355. The smallest absolute Gasteiger partial charge is 0.248 e. The van der Waals surface area contributed by atoms with Crippen LogP contribution >= 0.6 is 27.5 Å². The van der Waals surface area contributed by atoms with E-state index in [2.05, 4.69) is 43.1 Å². The number of hydrogen-bond acceptors (Lipinski definition) is 6.